The van der Waals surface area contributed by atoms with E-state index in [0.717, 1.165) is 26.2 Å². The number of benzene rings is 1. The van der Waals surface area contributed by atoms with Crippen LogP contribution in [0.15, 0.2) is 40.7 Å². The van der Waals surface area contributed by atoms with Crippen LogP contribution in [-0.2, 0) is 0 Å². The summed E-state index contributed by atoms with van der Waals surface area (Å²) in [6.07, 6.45) is 1.74. The van der Waals surface area contributed by atoms with Crippen molar-refractivity contribution in [3.63, 3.8) is 0 Å². The van der Waals surface area contributed by atoms with Crippen molar-refractivity contribution in [1.29, 1.82) is 0 Å². The molecule has 1 fully saturated rings. The molecule has 3 rings (SSSR count). The molecule has 2 aromatic rings. The second kappa shape index (κ2) is 8.47. The highest BCUT2D eigenvalue weighted by molar-refractivity contribution is 7.10. The van der Waals surface area contributed by atoms with Gasteiger partial charge in [0.05, 0.1) is 19.7 Å². The maximum atomic E-state index is 10.00. The highest BCUT2D eigenvalue weighted by Gasteiger charge is 2.24. The Kier molecular flexibility index (Phi) is 6.07. The van der Waals surface area contributed by atoms with Gasteiger partial charge in [0, 0.05) is 42.8 Å². The number of hydrogen-bond acceptors (Lipinski definition) is 6. The third-order valence-corrected chi connectivity index (χ3v) is 5.57. The summed E-state index contributed by atoms with van der Waals surface area (Å²) in [5.74, 6) is 0.935. The molecule has 1 saturated heterocycles. The summed E-state index contributed by atoms with van der Waals surface area (Å²) >= 11 is 1.78. The summed E-state index contributed by atoms with van der Waals surface area (Å²) in [5.41, 5.74) is 0.683. The van der Waals surface area contributed by atoms with Crippen LogP contribution in [0.4, 0.5) is 0 Å². The lowest BCUT2D eigenvalue weighted by Crippen LogP contribution is -2.46. The monoisotopic (exact) mass is 359 g/mol. The van der Waals surface area contributed by atoms with E-state index in [9.17, 15) is 5.11 Å². The Morgan fingerprint density at radius 1 is 1.28 bits per heavy atom. The van der Waals surface area contributed by atoms with Crippen LogP contribution in [0.5, 0.6) is 11.5 Å². The van der Waals surface area contributed by atoms with Crippen molar-refractivity contribution in [1.82, 2.24) is 9.80 Å². The Morgan fingerprint density at radius 2 is 2.08 bits per heavy atom. The Labute approximate surface area is 153 Å². The van der Waals surface area contributed by atoms with Gasteiger partial charge in [0.2, 0.25) is 0 Å². The zero-order valence-corrected chi connectivity index (χ0v) is 15.6. The normalized spacial score (nSPS) is 17.8. The summed E-state index contributed by atoms with van der Waals surface area (Å²) in [5, 5.41) is 12.1. The van der Waals surface area contributed by atoms with Gasteiger partial charge >= 0.3 is 0 Å². The van der Waals surface area contributed by atoms with Gasteiger partial charge in [-0.1, -0.05) is 6.07 Å². The summed E-state index contributed by atoms with van der Waals surface area (Å²) in [6.45, 7) is 4.96. The van der Waals surface area contributed by atoms with Gasteiger partial charge in [-0.25, -0.2) is 0 Å². The van der Waals surface area contributed by atoms with Gasteiger partial charge < -0.3 is 14.7 Å². The largest absolute Gasteiger partial charge is 0.507 e. The van der Waals surface area contributed by atoms with Crippen LogP contribution in [0.2, 0.25) is 0 Å². The second-order valence-corrected chi connectivity index (χ2v) is 7.27. The van der Waals surface area contributed by atoms with Crippen molar-refractivity contribution in [2.75, 3.05) is 46.9 Å². The summed E-state index contributed by atoms with van der Waals surface area (Å²) in [7, 11) is 3.79. The van der Waals surface area contributed by atoms with E-state index >= 15 is 0 Å². The lowest BCUT2D eigenvalue weighted by atomic mass is 10.1. The van der Waals surface area contributed by atoms with Crippen LogP contribution in [0.3, 0.4) is 0 Å². The molecule has 1 aliphatic rings. The van der Waals surface area contributed by atoms with Crippen LogP contribution < -0.4 is 4.74 Å². The van der Waals surface area contributed by atoms with Crippen LogP contribution in [-0.4, -0.2) is 68.0 Å². The van der Waals surface area contributed by atoms with Gasteiger partial charge in [-0.15, -0.1) is 11.3 Å². The molecule has 0 spiro atoms. The highest BCUT2D eigenvalue weighted by Crippen LogP contribution is 2.27. The molecule has 1 aromatic carbocycles. The number of thiophene rings is 1. The number of aromatic hydroxyl groups is 1. The van der Waals surface area contributed by atoms with Gasteiger partial charge in [0.15, 0.2) is 0 Å². The molecule has 5 nitrogen and oxygen atoms in total. The molecule has 25 heavy (non-hydrogen) atoms. The number of rotatable bonds is 6. The van der Waals surface area contributed by atoms with E-state index in [0.29, 0.717) is 17.9 Å². The molecule has 1 atom stereocenters. The van der Waals surface area contributed by atoms with Crippen molar-refractivity contribution >= 4 is 17.6 Å². The molecule has 0 bridgehead atoms. The van der Waals surface area contributed by atoms with Gasteiger partial charge in [-0.05, 0) is 36.7 Å². The number of aliphatic imine (C=N–C) groups is 1. The van der Waals surface area contributed by atoms with Crippen molar-refractivity contribution < 1.29 is 9.84 Å². The molecule has 0 aliphatic carbocycles. The highest BCUT2D eigenvalue weighted by atomic mass is 32.1. The fourth-order valence-corrected chi connectivity index (χ4v) is 3.87. The Morgan fingerprint density at radius 3 is 2.76 bits per heavy atom. The molecule has 0 amide bonds. The van der Waals surface area contributed by atoms with Crippen molar-refractivity contribution in [2.45, 2.75) is 6.04 Å². The van der Waals surface area contributed by atoms with Crippen LogP contribution in [0.25, 0.3) is 0 Å². The van der Waals surface area contributed by atoms with E-state index < -0.39 is 0 Å². The molecule has 0 unspecified atom stereocenters. The summed E-state index contributed by atoms with van der Waals surface area (Å²) in [6, 6.07) is 9.75. The number of likely N-dealkylation sites (N-methyl/N-ethyl adjacent to an activating group) is 1. The van der Waals surface area contributed by atoms with Gasteiger partial charge in [-0.2, -0.15) is 0 Å². The topological polar surface area (TPSA) is 48.3 Å². The first-order valence-electron chi connectivity index (χ1n) is 8.50. The predicted octanol–water partition coefficient (Wildman–Crippen LogP) is 2.87. The molecule has 1 aromatic heterocycles. The maximum Gasteiger partial charge on any atom is 0.124 e. The number of piperazine rings is 1. The summed E-state index contributed by atoms with van der Waals surface area (Å²) in [4.78, 5) is 10.9. The van der Waals surface area contributed by atoms with E-state index in [1.165, 1.54) is 4.88 Å². The van der Waals surface area contributed by atoms with Crippen LogP contribution >= 0.6 is 11.3 Å². The van der Waals surface area contributed by atoms with E-state index in [4.69, 9.17) is 4.74 Å². The quantitative estimate of drug-likeness (QED) is 0.806. The third kappa shape index (κ3) is 4.60. The fourth-order valence-electron chi connectivity index (χ4n) is 3.01. The predicted molar refractivity (Wildman–Crippen MR) is 103 cm³/mol. The first-order valence-corrected chi connectivity index (χ1v) is 9.38. The smallest absolute Gasteiger partial charge is 0.124 e. The Bertz CT molecular complexity index is 695. The molecule has 1 aliphatic heterocycles. The first kappa shape index (κ1) is 17.9. The SMILES string of the molecule is COc1ccc(O)c(C=NC[C@@H](c2cccs2)N2CCN(C)CC2)c1. The molecule has 1 N–H and O–H groups in total. The molecule has 6 heteroatoms. The first-order chi connectivity index (χ1) is 12.2. The minimum Gasteiger partial charge on any atom is -0.507 e. The van der Waals surface area contributed by atoms with E-state index in [2.05, 4.69) is 39.4 Å². The van der Waals surface area contributed by atoms with Crippen LogP contribution in [0, 0.1) is 0 Å². The molecular weight excluding hydrogens is 334 g/mol. The fraction of sp³-hybridized carbons (Fsp3) is 0.421. The maximum absolute atomic E-state index is 10.00. The van der Waals surface area contributed by atoms with E-state index in [1.807, 2.05) is 0 Å². The zero-order valence-electron chi connectivity index (χ0n) is 14.8. The van der Waals surface area contributed by atoms with Crippen molar-refractivity contribution in [3.8, 4) is 11.5 Å². The average Bonchev–Trinajstić information content (AvgIpc) is 3.15. The molecule has 2 heterocycles. The lowest BCUT2D eigenvalue weighted by Gasteiger charge is -2.37. The standard InChI is InChI=1S/C19H25N3O2S/c1-21-7-9-22(10-8-21)17(19-4-3-11-25-19)14-20-13-15-12-16(24-2)5-6-18(15)23/h3-6,11-13,17,23H,7-10,14H2,1-2H3/t17-/m0/s1. The molecule has 134 valence electrons. The molecule has 0 radical (unpaired) electrons. The number of methoxy groups -OCH3 is 1. The molecule has 0 saturated carbocycles. The van der Waals surface area contributed by atoms with Gasteiger partial charge in [-0.3, -0.25) is 9.89 Å². The number of phenols is 1. The zero-order chi connectivity index (χ0) is 17.6. The summed E-state index contributed by atoms with van der Waals surface area (Å²) < 4.78 is 5.22. The Hall–Kier alpha value is -1.89. The second-order valence-electron chi connectivity index (χ2n) is 6.29. The number of nitrogens with zero attached hydrogens (tertiary/aromatic N) is 3. The third-order valence-electron chi connectivity index (χ3n) is 4.59. The van der Waals surface area contributed by atoms with Gasteiger partial charge in [0.1, 0.15) is 11.5 Å². The molecular formula is C19H25N3O2S. The Balaban J connectivity index is 1.72. The minimum atomic E-state index is 0.219. The number of hydrogen-bond donors (Lipinski definition) is 1. The average molecular weight is 359 g/mol. The minimum absolute atomic E-state index is 0.219. The van der Waals surface area contributed by atoms with E-state index in [-0.39, 0.29) is 11.8 Å². The van der Waals surface area contributed by atoms with E-state index in [1.54, 1.807) is 42.9 Å². The number of ether oxygens (including phenoxy) is 1. The van der Waals surface area contributed by atoms with Crippen molar-refractivity contribution in [2.24, 2.45) is 4.99 Å². The van der Waals surface area contributed by atoms with Gasteiger partial charge in [0.25, 0.3) is 0 Å². The lowest BCUT2D eigenvalue weighted by molar-refractivity contribution is 0.116. The van der Waals surface area contributed by atoms with Crippen LogP contribution in [0.1, 0.15) is 16.5 Å². The number of phenolic OH excluding ortho intramolecular Hbond substituents is 1. The van der Waals surface area contributed by atoms with Crippen molar-refractivity contribution in [3.05, 3.63) is 46.2 Å².